The van der Waals surface area contributed by atoms with Gasteiger partial charge in [0, 0.05) is 42.4 Å². The fraction of sp³-hybridized carbons (Fsp3) is 0.714. The number of carbonyl (C=O) groups excluding carboxylic acids is 1. The smallest absolute Gasteiger partial charge is 0.373 e. The van der Waals surface area contributed by atoms with Gasteiger partial charge in [0.15, 0.2) is 8.32 Å². The van der Waals surface area contributed by atoms with Gasteiger partial charge >= 0.3 is 6.11 Å². The molecule has 0 bridgehead atoms. The number of thiophene rings is 1. The molecule has 4 rings (SSSR count). The van der Waals surface area contributed by atoms with Gasteiger partial charge in [-0.05, 0) is 54.4 Å². The van der Waals surface area contributed by atoms with Gasteiger partial charge in [-0.15, -0.1) is 22.7 Å². The molecule has 39 heavy (non-hydrogen) atoms. The Labute approximate surface area is 240 Å². The highest BCUT2D eigenvalue weighted by atomic mass is 32.1. The Morgan fingerprint density at radius 1 is 1.18 bits per heavy atom. The molecular weight excluding hydrogens is 557 g/mol. The number of morpholine rings is 1. The molecule has 0 aliphatic carbocycles. The second-order valence-electron chi connectivity index (χ2n) is 12.9. The van der Waals surface area contributed by atoms with E-state index in [2.05, 4.69) is 55.2 Å². The molecule has 0 N–H and O–H groups in total. The van der Waals surface area contributed by atoms with E-state index in [1.54, 1.807) is 16.7 Å². The molecule has 0 aromatic carbocycles. The van der Waals surface area contributed by atoms with Crippen LogP contribution in [0, 0.1) is 0 Å². The van der Waals surface area contributed by atoms with Crippen molar-refractivity contribution in [1.82, 2.24) is 14.8 Å². The third-order valence-corrected chi connectivity index (χ3v) is 14.9. The Hall–Kier alpha value is -1.24. The fourth-order valence-electron chi connectivity index (χ4n) is 4.84. The maximum Gasteiger partial charge on any atom is 0.373 e. The van der Waals surface area contributed by atoms with Crippen LogP contribution in [0.25, 0.3) is 0 Å². The first-order valence-electron chi connectivity index (χ1n) is 13.8. The van der Waals surface area contributed by atoms with Crippen molar-refractivity contribution in [1.29, 1.82) is 0 Å². The van der Waals surface area contributed by atoms with E-state index in [4.69, 9.17) is 9.16 Å². The predicted octanol–water partition coefficient (Wildman–Crippen LogP) is 6.99. The van der Waals surface area contributed by atoms with Crippen molar-refractivity contribution < 1.29 is 22.7 Å². The second kappa shape index (κ2) is 11.6. The molecule has 2 aromatic heterocycles. The van der Waals surface area contributed by atoms with E-state index in [9.17, 15) is 13.6 Å². The number of likely N-dealkylation sites (tertiary alicyclic amines) is 1. The van der Waals surface area contributed by atoms with Gasteiger partial charge in [-0.3, -0.25) is 9.69 Å². The summed E-state index contributed by atoms with van der Waals surface area (Å²) in [7, 11) is -1.75. The summed E-state index contributed by atoms with van der Waals surface area (Å²) in [5.41, 5.74) is 0.499. The van der Waals surface area contributed by atoms with Crippen molar-refractivity contribution in [2.24, 2.45) is 0 Å². The Bertz CT molecular complexity index is 1140. The van der Waals surface area contributed by atoms with Gasteiger partial charge in [0.1, 0.15) is 12.2 Å². The average Bonchev–Trinajstić information content (AvgIpc) is 3.48. The summed E-state index contributed by atoms with van der Waals surface area (Å²) in [6.07, 6.45) is -1.56. The molecule has 2 fully saturated rings. The van der Waals surface area contributed by atoms with Crippen molar-refractivity contribution in [3.05, 3.63) is 38.0 Å². The molecule has 1 spiro atoms. The van der Waals surface area contributed by atoms with Gasteiger partial charge < -0.3 is 14.1 Å². The zero-order valence-electron chi connectivity index (χ0n) is 24.3. The molecule has 2 aliphatic heterocycles. The quantitative estimate of drug-likeness (QED) is 0.306. The van der Waals surface area contributed by atoms with Crippen LogP contribution in [0.3, 0.4) is 0 Å². The highest BCUT2D eigenvalue weighted by Gasteiger charge is 2.52. The third-order valence-electron chi connectivity index (χ3n) is 8.26. The number of hydrogen-bond acceptors (Lipinski definition) is 7. The number of halogens is 2. The second-order valence-corrected chi connectivity index (χ2v) is 19.6. The number of ether oxygens (including phenoxy) is 1. The first-order chi connectivity index (χ1) is 18.1. The molecule has 0 atom stereocenters. The van der Waals surface area contributed by atoms with Gasteiger partial charge in [-0.25, -0.2) is 4.98 Å². The summed E-state index contributed by atoms with van der Waals surface area (Å²) < 4.78 is 41.2. The summed E-state index contributed by atoms with van der Waals surface area (Å²) in [6, 6.07) is 2.25. The summed E-state index contributed by atoms with van der Waals surface area (Å²) >= 11 is 3.14. The Morgan fingerprint density at radius 3 is 2.49 bits per heavy atom. The molecule has 11 heteroatoms. The van der Waals surface area contributed by atoms with Gasteiger partial charge in [0.25, 0.3) is 5.91 Å². The van der Waals surface area contributed by atoms with Gasteiger partial charge in [-0.2, -0.15) is 8.78 Å². The molecule has 4 heterocycles. The van der Waals surface area contributed by atoms with E-state index in [-0.39, 0.29) is 23.2 Å². The van der Waals surface area contributed by atoms with Crippen molar-refractivity contribution in [3.8, 4) is 0 Å². The lowest BCUT2D eigenvalue weighted by molar-refractivity contribution is -0.332. The molecule has 0 saturated carbocycles. The van der Waals surface area contributed by atoms with Gasteiger partial charge in [0.05, 0.1) is 17.2 Å². The van der Waals surface area contributed by atoms with E-state index >= 15 is 0 Å². The summed E-state index contributed by atoms with van der Waals surface area (Å²) in [4.78, 5) is 22.3. The number of rotatable bonds is 8. The Morgan fingerprint density at radius 2 is 1.87 bits per heavy atom. The summed E-state index contributed by atoms with van der Waals surface area (Å²) in [5.74, 6) is -0.250. The molecule has 6 nitrogen and oxygen atoms in total. The van der Waals surface area contributed by atoms with E-state index in [1.807, 2.05) is 13.8 Å². The van der Waals surface area contributed by atoms with Crippen LogP contribution in [0.5, 0.6) is 0 Å². The highest BCUT2D eigenvalue weighted by molar-refractivity contribution is 7.10. The van der Waals surface area contributed by atoms with Crippen LogP contribution in [0.1, 0.15) is 79.3 Å². The number of hydrogen-bond donors (Lipinski definition) is 0. The van der Waals surface area contributed by atoms with Crippen LogP contribution in [-0.2, 0) is 22.1 Å². The molecule has 0 unspecified atom stereocenters. The lowest BCUT2D eigenvalue weighted by Gasteiger charge is -2.49. The number of carbonyl (C=O) groups is 1. The molecular formula is C28H43F2N3O3S2Si. The lowest BCUT2D eigenvalue weighted by Crippen LogP contribution is -2.62. The molecule has 2 aliphatic rings. The van der Waals surface area contributed by atoms with Crippen molar-refractivity contribution in [3.63, 3.8) is 0 Å². The van der Waals surface area contributed by atoms with Crippen molar-refractivity contribution in [2.45, 2.75) is 96.2 Å². The van der Waals surface area contributed by atoms with Crippen LogP contribution in [-0.4, -0.2) is 73.5 Å². The highest BCUT2D eigenvalue weighted by Crippen LogP contribution is 2.39. The standard InChI is InChI=1S/C28H43F2N3O3S2Si/c1-20(2)24-31-23(17-38-24)25(34)33-18-27(36-28(29,30)19-33)9-11-32(12-10-27)15-22-14-21(16-37-22)8-13-35-39(6,7)26(3,4)5/h14,16-17,20H,8-13,15,18-19H2,1-7H3. The number of thiazole rings is 1. The monoisotopic (exact) mass is 599 g/mol. The minimum atomic E-state index is -3.37. The van der Waals surface area contributed by atoms with E-state index in [0.717, 1.165) is 24.6 Å². The molecule has 2 saturated heterocycles. The van der Waals surface area contributed by atoms with Crippen LogP contribution in [0.2, 0.25) is 18.1 Å². The van der Waals surface area contributed by atoms with Gasteiger partial charge in [0.2, 0.25) is 0 Å². The number of alkyl halides is 2. The number of amides is 1. The number of aromatic nitrogens is 1. The minimum Gasteiger partial charge on any atom is -0.416 e. The van der Waals surface area contributed by atoms with E-state index in [0.29, 0.717) is 25.9 Å². The van der Waals surface area contributed by atoms with E-state index < -0.39 is 32.5 Å². The first kappa shape index (κ1) is 30.7. The number of nitrogens with zero attached hydrogens (tertiary/aromatic N) is 3. The van der Waals surface area contributed by atoms with Crippen molar-refractivity contribution in [2.75, 3.05) is 32.8 Å². The zero-order valence-corrected chi connectivity index (χ0v) is 26.9. The normalized spacial score (nSPS) is 20.2. The molecule has 0 radical (unpaired) electrons. The first-order valence-corrected chi connectivity index (χ1v) is 18.5. The molecule has 2 aromatic rings. The largest absolute Gasteiger partial charge is 0.416 e. The van der Waals surface area contributed by atoms with Crippen LogP contribution in [0.4, 0.5) is 8.78 Å². The summed E-state index contributed by atoms with van der Waals surface area (Å²) in [5, 5.41) is 4.91. The Kier molecular flexibility index (Phi) is 9.10. The lowest BCUT2D eigenvalue weighted by atomic mass is 9.89. The maximum atomic E-state index is 14.7. The van der Waals surface area contributed by atoms with Crippen LogP contribution in [0.15, 0.2) is 16.8 Å². The fourth-order valence-corrected chi connectivity index (χ4v) is 7.66. The molecule has 218 valence electrons. The topological polar surface area (TPSA) is 54.9 Å². The average molecular weight is 600 g/mol. The predicted molar refractivity (Wildman–Crippen MR) is 157 cm³/mol. The van der Waals surface area contributed by atoms with Crippen LogP contribution < -0.4 is 0 Å². The third kappa shape index (κ3) is 7.54. The summed E-state index contributed by atoms with van der Waals surface area (Å²) in [6.45, 7) is 17.6. The van der Waals surface area contributed by atoms with Crippen molar-refractivity contribution >= 4 is 36.9 Å². The maximum absolute atomic E-state index is 14.7. The molecule has 1 amide bonds. The van der Waals surface area contributed by atoms with E-state index in [1.165, 1.54) is 26.7 Å². The SMILES string of the molecule is CC(C)c1nc(C(=O)N2CC(F)(F)OC3(CCN(Cc4cc(CCO[Si](C)(C)C(C)(C)C)cs4)CC3)C2)cs1. The zero-order chi connectivity index (χ0) is 28.6. The number of piperidine rings is 1. The van der Waals surface area contributed by atoms with Gasteiger partial charge in [-0.1, -0.05) is 34.6 Å². The Balaban J connectivity index is 1.31. The van der Waals surface area contributed by atoms with Crippen LogP contribution >= 0.6 is 22.7 Å². The minimum absolute atomic E-state index is 0.168.